The molecule has 332 valence electrons. The number of hydrogen-bond acceptors (Lipinski definition) is 11. The average Bonchev–Trinajstić information content (AvgIpc) is 3.56. The minimum atomic E-state index is -0.908. The molecule has 1 aromatic carbocycles. The summed E-state index contributed by atoms with van der Waals surface area (Å²) in [6.07, 6.45) is 12.1. The smallest absolute Gasteiger partial charge is 0.306 e. The van der Waals surface area contributed by atoms with E-state index in [-0.39, 0.29) is 97.5 Å². The number of primary amides is 1. The number of phenols is 1. The van der Waals surface area contributed by atoms with Crippen LogP contribution in [0.3, 0.4) is 0 Å². The van der Waals surface area contributed by atoms with E-state index in [0.29, 0.717) is 24.2 Å². The van der Waals surface area contributed by atoms with Crippen molar-refractivity contribution in [1.29, 1.82) is 0 Å². The number of nitrogens with one attached hydrogen (secondary N) is 2. The highest BCUT2D eigenvalue weighted by atomic mass is 16.5. The van der Waals surface area contributed by atoms with Gasteiger partial charge < -0.3 is 50.6 Å². The van der Waals surface area contributed by atoms with Crippen LogP contribution in [0.15, 0.2) is 12.1 Å². The molecule has 0 radical (unpaired) electrons. The number of methoxy groups -OCH3 is 1. The van der Waals surface area contributed by atoms with Gasteiger partial charge in [0.15, 0.2) is 5.75 Å². The van der Waals surface area contributed by atoms with Crippen molar-refractivity contribution in [2.75, 3.05) is 45.4 Å². The van der Waals surface area contributed by atoms with Gasteiger partial charge in [0.05, 0.1) is 50.7 Å². The molecule has 59 heavy (non-hydrogen) atoms. The van der Waals surface area contributed by atoms with Crippen LogP contribution in [0, 0.1) is 40.4 Å². The Hall–Kier alpha value is -3.46. The molecule has 0 aliphatic heterocycles. The SMILES string of the molecule is CCCCCCC(C)(O)C1CCC2C3CC(OC(=O)CCC(=O)NCCOCCOCC(=O)Nc4ccc(OC)c(C(N)=O)c4O)C4CC(O)CCC4(C)C3CCC21C. The molecule has 3 amide bonds. The molecule has 5 rings (SSSR count). The third-order valence-electron chi connectivity index (χ3n) is 14.8. The fourth-order valence-electron chi connectivity index (χ4n) is 11.9. The van der Waals surface area contributed by atoms with Gasteiger partial charge in [-0.1, -0.05) is 46.5 Å². The molecular weight excluding hydrogens is 759 g/mol. The molecule has 10 unspecified atom stereocenters. The molecular formula is C45H71N3O11. The number of benzene rings is 1. The number of carbonyl (C=O) groups is 4. The number of nitrogens with two attached hydrogens (primary N) is 1. The molecule has 0 spiro atoms. The first kappa shape index (κ1) is 46.6. The lowest BCUT2D eigenvalue weighted by molar-refractivity contribution is -0.197. The van der Waals surface area contributed by atoms with E-state index in [1.54, 1.807) is 0 Å². The van der Waals surface area contributed by atoms with Crippen LogP contribution in [0.4, 0.5) is 5.69 Å². The zero-order valence-corrected chi connectivity index (χ0v) is 36.0. The van der Waals surface area contributed by atoms with Crippen LogP contribution >= 0.6 is 0 Å². The van der Waals surface area contributed by atoms with Gasteiger partial charge in [0.1, 0.15) is 24.0 Å². The summed E-state index contributed by atoms with van der Waals surface area (Å²) in [6.45, 7) is 9.43. The maximum absolute atomic E-state index is 13.4. The van der Waals surface area contributed by atoms with Crippen LogP contribution in [0.25, 0.3) is 0 Å². The van der Waals surface area contributed by atoms with Gasteiger partial charge in [0.2, 0.25) is 11.8 Å². The number of aliphatic hydroxyl groups excluding tert-OH is 1. The van der Waals surface area contributed by atoms with E-state index in [2.05, 4.69) is 38.3 Å². The van der Waals surface area contributed by atoms with Gasteiger partial charge in [-0.2, -0.15) is 0 Å². The highest BCUT2D eigenvalue weighted by Crippen LogP contribution is 2.69. The van der Waals surface area contributed by atoms with Crippen LogP contribution in [0.2, 0.25) is 0 Å². The van der Waals surface area contributed by atoms with E-state index in [0.717, 1.165) is 64.2 Å². The molecule has 14 nitrogen and oxygen atoms in total. The van der Waals surface area contributed by atoms with Crippen molar-refractivity contribution in [2.45, 2.75) is 142 Å². The number of aromatic hydroxyl groups is 1. The summed E-state index contributed by atoms with van der Waals surface area (Å²) in [4.78, 5) is 50.0. The predicted molar refractivity (Wildman–Crippen MR) is 222 cm³/mol. The Morgan fingerprint density at radius 1 is 0.898 bits per heavy atom. The Kier molecular flexibility index (Phi) is 16.1. The molecule has 0 saturated heterocycles. The molecule has 7 N–H and O–H groups in total. The van der Waals surface area contributed by atoms with E-state index in [9.17, 15) is 34.5 Å². The van der Waals surface area contributed by atoms with Gasteiger partial charge in [0.25, 0.3) is 5.91 Å². The molecule has 0 aromatic heterocycles. The van der Waals surface area contributed by atoms with Crippen LogP contribution in [-0.2, 0) is 28.6 Å². The van der Waals surface area contributed by atoms with Gasteiger partial charge in [-0.15, -0.1) is 0 Å². The Balaban J connectivity index is 1.04. The number of unbranched alkanes of at least 4 members (excludes halogenated alkanes) is 3. The van der Waals surface area contributed by atoms with Crippen molar-refractivity contribution in [1.82, 2.24) is 5.32 Å². The molecule has 14 heteroatoms. The number of hydrogen-bond donors (Lipinski definition) is 6. The Bertz CT molecular complexity index is 1620. The van der Waals surface area contributed by atoms with E-state index < -0.39 is 35.2 Å². The Morgan fingerprint density at radius 2 is 1.63 bits per heavy atom. The molecule has 0 bridgehead atoms. The summed E-state index contributed by atoms with van der Waals surface area (Å²) in [6, 6.07) is 2.78. The van der Waals surface area contributed by atoms with E-state index in [1.165, 1.54) is 32.1 Å². The van der Waals surface area contributed by atoms with Crippen molar-refractivity contribution in [3.05, 3.63) is 17.7 Å². The van der Waals surface area contributed by atoms with Crippen LogP contribution in [-0.4, -0.2) is 96.9 Å². The fraction of sp³-hybridized carbons (Fsp3) is 0.778. The summed E-state index contributed by atoms with van der Waals surface area (Å²) in [5, 5.41) is 38.2. The zero-order chi connectivity index (χ0) is 43.0. The molecule has 4 fully saturated rings. The summed E-state index contributed by atoms with van der Waals surface area (Å²) in [5.74, 6) is -0.916. The second-order valence-electron chi connectivity index (χ2n) is 18.5. The standard InChI is InChI=1S/C45H71N3O11/c1-6-7-8-9-18-45(4,55)36-13-10-30-29-26-35(32-25-28(49)16-19-43(32,2)31(29)17-20-44(30,36)3)59-39(52)15-14-37(50)47-21-22-57-23-24-58-27-38(51)48-33-11-12-34(56-5)40(41(33)53)42(46)54/h11-12,28-32,35-36,49,53,55H,6-10,13-27H2,1-5H3,(H2,46,54)(H,47,50)(H,48,51). The van der Waals surface area contributed by atoms with E-state index in [1.807, 2.05) is 0 Å². The number of rotatable bonds is 21. The normalized spacial score (nSPS) is 30.9. The third-order valence-corrected chi connectivity index (χ3v) is 14.8. The van der Waals surface area contributed by atoms with Crippen LogP contribution in [0.5, 0.6) is 11.5 Å². The molecule has 4 saturated carbocycles. The minimum absolute atomic E-state index is 0.0131. The lowest BCUT2D eigenvalue weighted by Gasteiger charge is -2.63. The summed E-state index contributed by atoms with van der Waals surface area (Å²) in [5.41, 5.74) is 4.35. The van der Waals surface area contributed by atoms with Crippen molar-refractivity contribution in [3.8, 4) is 11.5 Å². The second kappa shape index (κ2) is 20.4. The summed E-state index contributed by atoms with van der Waals surface area (Å²) in [7, 11) is 1.32. The fourth-order valence-corrected chi connectivity index (χ4v) is 11.9. The van der Waals surface area contributed by atoms with Gasteiger partial charge in [-0.05, 0) is 111 Å². The largest absolute Gasteiger partial charge is 0.505 e. The third kappa shape index (κ3) is 10.9. The molecule has 1 aromatic rings. The average molecular weight is 830 g/mol. The van der Waals surface area contributed by atoms with Crippen molar-refractivity contribution in [3.63, 3.8) is 0 Å². The molecule has 4 aliphatic rings. The first-order chi connectivity index (χ1) is 28.0. The summed E-state index contributed by atoms with van der Waals surface area (Å²) < 4.78 is 22.1. The number of carbonyl (C=O) groups excluding carboxylic acids is 4. The second-order valence-corrected chi connectivity index (χ2v) is 18.5. The number of anilines is 1. The van der Waals surface area contributed by atoms with Gasteiger partial charge >= 0.3 is 5.97 Å². The lowest BCUT2D eigenvalue weighted by Crippen LogP contribution is -2.59. The van der Waals surface area contributed by atoms with Crippen LogP contribution in [0.1, 0.15) is 134 Å². The lowest BCUT2D eigenvalue weighted by atomic mass is 9.43. The number of aliphatic hydroxyl groups is 2. The first-order valence-corrected chi connectivity index (χ1v) is 22.1. The molecule has 0 heterocycles. The zero-order valence-electron chi connectivity index (χ0n) is 36.0. The Labute approximate surface area is 350 Å². The molecule has 4 aliphatic carbocycles. The maximum atomic E-state index is 13.4. The number of esters is 1. The number of amides is 3. The predicted octanol–water partition coefficient (Wildman–Crippen LogP) is 5.63. The number of ether oxygens (including phenoxy) is 4. The topological polar surface area (TPSA) is 216 Å². The van der Waals surface area contributed by atoms with Gasteiger partial charge in [0, 0.05) is 18.9 Å². The monoisotopic (exact) mass is 830 g/mol. The Morgan fingerprint density at radius 3 is 2.36 bits per heavy atom. The number of fused-ring (bicyclic) bond motifs is 5. The quantitative estimate of drug-likeness (QED) is 0.0507. The maximum Gasteiger partial charge on any atom is 0.306 e. The van der Waals surface area contributed by atoms with Gasteiger partial charge in [-0.3, -0.25) is 19.2 Å². The summed E-state index contributed by atoms with van der Waals surface area (Å²) >= 11 is 0. The van der Waals surface area contributed by atoms with Crippen molar-refractivity contribution >= 4 is 29.4 Å². The van der Waals surface area contributed by atoms with Crippen molar-refractivity contribution < 1.29 is 53.4 Å². The van der Waals surface area contributed by atoms with E-state index in [4.69, 9.17) is 24.7 Å². The highest BCUT2D eigenvalue weighted by molar-refractivity contribution is 6.02. The van der Waals surface area contributed by atoms with E-state index >= 15 is 0 Å². The first-order valence-electron chi connectivity index (χ1n) is 22.1. The highest BCUT2D eigenvalue weighted by Gasteiger charge is 2.64. The van der Waals surface area contributed by atoms with Gasteiger partial charge in [-0.25, -0.2) is 0 Å². The molecule has 10 atom stereocenters. The minimum Gasteiger partial charge on any atom is -0.505 e. The van der Waals surface area contributed by atoms with Crippen LogP contribution < -0.4 is 21.1 Å². The van der Waals surface area contributed by atoms with Crippen molar-refractivity contribution in [2.24, 2.45) is 46.2 Å².